The van der Waals surface area contributed by atoms with Crippen LogP contribution in [0.25, 0.3) is 0 Å². The topological polar surface area (TPSA) is 111 Å². The Balaban J connectivity index is 1.95. The van der Waals surface area contributed by atoms with Gasteiger partial charge in [0.15, 0.2) is 0 Å². The number of thiophene rings is 1. The number of amides is 1. The molecule has 1 amide bonds. The highest BCUT2D eigenvalue weighted by Crippen LogP contribution is 2.38. The molecule has 0 saturated carbocycles. The van der Waals surface area contributed by atoms with Crippen molar-refractivity contribution in [1.29, 1.82) is 0 Å². The molecule has 3 rings (SSSR count). The van der Waals surface area contributed by atoms with Crippen LogP contribution in [0.5, 0.6) is 0 Å². The molecule has 0 radical (unpaired) electrons. The molecule has 0 spiro atoms. The van der Waals surface area contributed by atoms with Crippen LogP contribution in [-0.4, -0.2) is 23.4 Å². The fourth-order valence-electron chi connectivity index (χ4n) is 2.64. The number of esters is 1. The van der Waals surface area contributed by atoms with Gasteiger partial charge in [0.1, 0.15) is 11.0 Å². The molecule has 2 heterocycles. The fraction of sp³-hybridized carbons (Fsp3) is 0.250. The maximum Gasteiger partial charge on any atom is 0.350 e. The van der Waals surface area contributed by atoms with Crippen LogP contribution in [0.4, 0.5) is 11.4 Å². The number of ether oxygens (including phenoxy) is 1. The third-order valence-electron chi connectivity index (χ3n) is 3.77. The summed E-state index contributed by atoms with van der Waals surface area (Å²) < 4.78 is 5.05. The first-order chi connectivity index (χ1) is 11.9. The third-order valence-corrected chi connectivity index (χ3v) is 4.86. The van der Waals surface area contributed by atoms with Gasteiger partial charge in [-0.05, 0) is 31.5 Å². The van der Waals surface area contributed by atoms with Crippen molar-refractivity contribution in [3.05, 3.63) is 55.3 Å². The van der Waals surface area contributed by atoms with E-state index in [4.69, 9.17) is 4.74 Å². The lowest BCUT2D eigenvalue weighted by molar-refractivity contribution is -0.384. The van der Waals surface area contributed by atoms with Crippen LogP contribution in [-0.2, 0) is 4.74 Å². The summed E-state index contributed by atoms with van der Waals surface area (Å²) in [6.07, 6.45) is -0.594. The number of nitro groups is 1. The van der Waals surface area contributed by atoms with Gasteiger partial charge in [-0.15, -0.1) is 11.3 Å². The summed E-state index contributed by atoms with van der Waals surface area (Å²) in [4.78, 5) is 35.9. The smallest absolute Gasteiger partial charge is 0.350 e. The minimum Gasteiger partial charge on any atom is -0.462 e. The van der Waals surface area contributed by atoms with E-state index in [1.807, 2.05) is 0 Å². The monoisotopic (exact) mass is 361 g/mol. The number of anilines is 1. The SMILES string of the molecule is CCOC(=O)c1sc(C)c2c1NC(c1ccc([N+](=O)[O-])cc1)NC2=O. The molecule has 1 aliphatic rings. The summed E-state index contributed by atoms with van der Waals surface area (Å²) in [6, 6.07) is 5.85. The zero-order chi connectivity index (χ0) is 18.1. The summed E-state index contributed by atoms with van der Waals surface area (Å²) >= 11 is 1.20. The van der Waals surface area contributed by atoms with E-state index in [2.05, 4.69) is 10.6 Å². The number of nitrogens with zero attached hydrogens (tertiary/aromatic N) is 1. The molecule has 9 heteroatoms. The molecule has 25 heavy (non-hydrogen) atoms. The first-order valence-electron chi connectivity index (χ1n) is 7.54. The van der Waals surface area contributed by atoms with Crippen LogP contribution in [0.1, 0.15) is 43.6 Å². The number of benzene rings is 1. The van der Waals surface area contributed by atoms with E-state index in [0.717, 1.165) is 0 Å². The van der Waals surface area contributed by atoms with E-state index in [1.54, 1.807) is 26.0 Å². The lowest BCUT2D eigenvalue weighted by Gasteiger charge is -2.27. The van der Waals surface area contributed by atoms with Crippen molar-refractivity contribution in [1.82, 2.24) is 5.32 Å². The summed E-state index contributed by atoms with van der Waals surface area (Å²) in [5.41, 5.74) is 1.47. The molecule has 2 N–H and O–H groups in total. The Morgan fingerprint density at radius 3 is 2.60 bits per heavy atom. The maximum atomic E-state index is 12.5. The highest BCUT2D eigenvalue weighted by atomic mass is 32.1. The summed E-state index contributed by atoms with van der Waals surface area (Å²) in [6.45, 7) is 3.72. The van der Waals surface area contributed by atoms with E-state index < -0.39 is 17.1 Å². The van der Waals surface area contributed by atoms with Crippen LogP contribution in [0.3, 0.4) is 0 Å². The number of carbonyl (C=O) groups is 2. The molecule has 1 atom stereocenters. The van der Waals surface area contributed by atoms with Gasteiger partial charge >= 0.3 is 5.97 Å². The molecule has 130 valence electrons. The molecule has 0 saturated heterocycles. The Kier molecular flexibility index (Phi) is 4.41. The van der Waals surface area contributed by atoms with E-state index in [1.165, 1.54) is 23.5 Å². The molecule has 1 aromatic heterocycles. The van der Waals surface area contributed by atoms with Gasteiger partial charge in [0.2, 0.25) is 0 Å². The Hall–Kier alpha value is -2.94. The van der Waals surface area contributed by atoms with E-state index in [-0.39, 0.29) is 18.2 Å². The van der Waals surface area contributed by atoms with Crippen molar-refractivity contribution in [2.24, 2.45) is 0 Å². The zero-order valence-corrected chi connectivity index (χ0v) is 14.3. The molecular weight excluding hydrogens is 346 g/mol. The molecule has 2 aromatic rings. The second kappa shape index (κ2) is 6.52. The molecule has 1 aliphatic heterocycles. The van der Waals surface area contributed by atoms with Gasteiger partial charge in [0.25, 0.3) is 11.6 Å². The number of aryl methyl sites for hydroxylation is 1. The van der Waals surface area contributed by atoms with Gasteiger partial charge in [-0.25, -0.2) is 4.79 Å². The van der Waals surface area contributed by atoms with Crippen molar-refractivity contribution >= 4 is 34.6 Å². The largest absolute Gasteiger partial charge is 0.462 e. The predicted molar refractivity (Wildman–Crippen MR) is 91.9 cm³/mol. The van der Waals surface area contributed by atoms with Crippen LogP contribution < -0.4 is 10.6 Å². The summed E-state index contributed by atoms with van der Waals surface area (Å²) in [7, 11) is 0. The zero-order valence-electron chi connectivity index (χ0n) is 13.5. The van der Waals surface area contributed by atoms with Gasteiger partial charge in [0, 0.05) is 17.0 Å². The molecular formula is C16H15N3O5S. The minimum atomic E-state index is -0.594. The highest BCUT2D eigenvalue weighted by Gasteiger charge is 2.33. The molecule has 0 fully saturated rings. The second-order valence-corrected chi connectivity index (χ2v) is 6.58. The standard InChI is InChI=1S/C16H15N3O5S/c1-3-24-16(21)13-12-11(8(2)25-13)15(20)18-14(17-12)9-4-6-10(7-5-9)19(22)23/h4-7,14,17H,3H2,1-2H3,(H,18,20). The van der Waals surface area contributed by atoms with Crippen molar-refractivity contribution in [2.75, 3.05) is 11.9 Å². The van der Waals surface area contributed by atoms with Gasteiger partial charge < -0.3 is 15.4 Å². The predicted octanol–water partition coefficient (Wildman–Crippen LogP) is 3.00. The molecule has 8 nitrogen and oxygen atoms in total. The number of hydrogen-bond acceptors (Lipinski definition) is 7. The van der Waals surface area contributed by atoms with Gasteiger partial charge in [-0.3, -0.25) is 14.9 Å². The molecule has 0 aliphatic carbocycles. The Bertz CT molecular complexity index is 859. The Morgan fingerprint density at radius 1 is 1.32 bits per heavy atom. The van der Waals surface area contributed by atoms with Crippen LogP contribution in [0, 0.1) is 17.0 Å². The van der Waals surface area contributed by atoms with Crippen molar-refractivity contribution < 1.29 is 19.2 Å². The lowest BCUT2D eigenvalue weighted by atomic mass is 10.1. The van der Waals surface area contributed by atoms with Crippen molar-refractivity contribution in [3.8, 4) is 0 Å². The quantitative estimate of drug-likeness (QED) is 0.492. The Labute approximate surface area is 147 Å². The average Bonchev–Trinajstić information content (AvgIpc) is 2.92. The molecule has 1 unspecified atom stereocenters. The van der Waals surface area contributed by atoms with Crippen LogP contribution in [0.15, 0.2) is 24.3 Å². The third kappa shape index (κ3) is 3.05. The Morgan fingerprint density at radius 2 is 2.00 bits per heavy atom. The fourth-order valence-corrected chi connectivity index (χ4v) is 3.64. The first kappa shape index (κ1) is 16.9. The van der Waals surface area contributed by atoms with Crippen molar-refractivity contribution in [3.63, 3.8) is 0 Å². The minimum absolute atomic E-state index is 0.0369. The van der Waals surface area contributed by atoms with Gasteiger partial charge in [-0.2, -0.15) is 0 Å². The number of nitrogens with one attached hydrogen (secondary N) is 2. The summed E-state index contributed by atoms with van der Waals surface area (Å²) in [5, 5.41) is 16.7. The lowest BCUT2D eigenvalue weighted by Crippen LogP contribution is -2.38. The normalized spacial score (nSPS) is 15.8. The summed E-state index contributed by atoms with van der Waals surface area (Å²) in [5.74, 6) is -0.789. The maximum absolute atomic E-state index is 12.5. The van der Waals surface area contributed by atoms with Crippen LogP contribution >= 0.6 is 11.3 Å². The van der Waals surface area contributed by atoms with Crippen molar-refractivity contribution in [2.45, 2.75) is 20.0 Å². The molecule has 0 bridgehead atoms. The van der Waals surface area contributed by atoms with Crippen LogP contribution in [0.2, 0.25) is 0 Å². The van der Waals surface area contributed by atoms with Gasteiger partial charge in [0.05, 0.1) is 22.8 Å². The van der Waals surface area contributed by atoms with E-state index >= 15 is 0 Å². The number of non-ortho nitro benzene ring substituents is 1. The number of carbonyl (C=O) groups excluding carboxylic acids is 2. The first-order valence-corrected chi connectivity index (χ1v) is 8.36. The van der Waals surface area contributed by atoms with E-state index in [9.17, 15) is 19.7 Å². The second-order valence-electron chi connectivity index (χ2n) is 5.36. The van der Waals surface area contributed by atoms with E-state index in [0.29, 0.717) is 26.6 Å². The number of rotatable bonds is 4. The molecule has 1 aromatic carbocycles. The number of fused-ring (bicyclic) bond motifs is 1. The highest BCUT2D eigenvalue weighted by molar-refractivity contribution is 7.15. The number of hydrogen-bond donors (Lipinski definition) is 2. The number of nitro benzene ring substituents is 1. The van der Waals surface area contributed by atoms with Gasteiger partial charge in [-0.1, -0.05) is 0 Å². The average molecular weight is 361 g/mol.